The van der Waals surface area contributed by atoms with E-state index in [9.17, 15) is 14.9 Å². The lowest BCUT2D eigenvalue weighted by molar-refractivity contribution is -0.121. The highest BCUT2D eigenvalue weighted by molar-refractivity contribution is 8.26. The standard InChI is InChI=1S/C19H20N4O3S2/c1-4-5-23-18(25)15(28-19(23)27)10-13-12(2)14(11-20)17(24)21(3)16(13)22-6-8-26-9-7-22/h4,10H,1,5-9H2,2-3H3/b15-10-. The molecular weight excluding hydrogens is 396 g/mol. The Kier molecular flexibility index (Phi) is 6.03. The molecule has 3 rings (SSSR count). The van der Waals surface area contributed by atoms with Crippen molar-refractivity contribution in [3.05, 3.63) is 44.6 Å². The predicted molar refractivity (Wildman–Crippen MR) is 114 cm³/mol. The summed E-state index contributed by atoms with van der Waals surface area (Å²) in [5, 5.41) is 9.49. The minimum Gasteiger partial charge on any atom is -0.378 e. The SMILES string of the molecule is C=CCN1C(=O)/C(=C/c2c(C)c(C#N)c(=O)n(C)c2N2CCOCC2)SC1=S. The van der Waals surface area contributed by atoms with E-state index in [0.29, 0.717) is 59.0 Å². The molecule has 2 fully saturated rings. The van der Waals surface area contributed by atoms with Crippen molar-refractivity contribution in [1.29, 1.82) is 5.26 Å². The predicted octanol–water partition coefficient (Wildman–Crippen LogP) is 1.79. The van der Waals surface area contributed by atoms with E-state index in [2.05, 4.69) is 11.5 Å². The quantitative estimate of drug-likeness (QED) is 0.421. The molecule has 2 saturated heterocycles. The highest BCUT2D eigenvalue weighted by Crippen LogP contribution is 2.35. The second kappa shape index (κ2) is 8.31. The number of anilines is 1. The zero-order valence-electron chi connectivity index (χ0n) is 15.7. The van der Waals surface area contributed by atoms with Crippen LogP contribution in [0, 0.1) is 18.3 Å². The number of carbonyl (C=O) groups excluding carboxylic acids is 1. The molecule has 0 saturated carbocycles. The average molecular weight is 417 g/mol. The Morgan fingerprint density at radius 3 is 2.64 bits per heavy atom. The molecule has 28 heavy (non-hydrogen) atoms. The first kappa shape index (κ1) is 20.3. The number of ether oxygens (including phenoxy) is 1. The van der Waals surface area contributed by atoms with Crippen molar-refractivity contribution in [2.24, 2.45) is 7.05 Å². The summed E-state index contributed by atoms with van der Waals surface area (Å²) in [6.45, 7) is 8.08. The fraction of sp³-hybridized carbons (Fsp3) is 0.368. The molecule has 0 unspecified atom stereocenters. The molecule has 0 radical (unpaired) electrons. The van der Waals surface area contributed by atoms with Crippen LogP contribution in [0.25, 0.3) is 6.08 Å². The summed E-state index contributed by atoms with van der Waals surface area (Å²) in [7, 11) is 1.65. The highest BCUT2D eigenvalue weighted by Gasteiger charge is 2.32. The Morgan fingerprint density at radius 1 is 1.36 bits per heavy atom. The smallest absolute Gasteiger partial charge is 0.270 e. The summed E-state index contributed by atoms with van der Waals surface area (Å²) < 4.78 is 7.37. The van der Waals surface area contributed by atoms with Gasteiger partial charge in [-0.2, -0.15) is 5.26 Å². The molecule has 9 heteroatoms. The summed E-state index contributed by atoms with van der Waals surface area (Å²) in [5.74, 6) is 0.480. The van der Waals surface area contributed by atoms with Gasteiger partial charge < -0.3 is 9.64 Å². The number of morpholine rings is 1. The van der Waals surface area contributed by atoms with E-state index < -0.39 is 0 Å². The summed E-state index contributed by atoms with van der Waals surface area (Å²) in [6, 6.07) is 2.00. The largest absolute Gasteiger partial charge is 0.378 e. The van der Waals surface area contributed by atoms with Gasteiger partial charge in [0.05, 0.1) is 18.1 Å². The van der Waals surface area contributed by atoms with Gasteiger partial charge in [-0.25, -0.2) is 0 Å². The number of nitrogens with zero attached hydrogens (tertiary/aromatic N) is 4. The second-order valence-electron chi connectivity index (χ2n) is 6.39. The van der Waals surface area contributed by atoms with Crippen LogP contribution in [0.15, 0.2) is 22.4 Å². The van der Waals surface area contributed by atoms with Crippen molar-refractivity contribution in [1.82, 2.24) is 9.47 Å². The lowest BCUT2D eigenvalue weighted by Crippen LogP contribution is -2.40. The van der Waals surface area contributed by atoms with Crippen LogP contribution in [0.5, 0.6) is 0 Å². The van der Waals surface area contributed by atoms with Crippen molar-refractivity contribution < 1.29 is 9.53 Å². The van der Waals surface area contributed by atoms with Crippen LogP contribution in [0.1, 0.15) is 16.7 Å². The maximum atomic E-state index is 12.7. The van der Waals surface area contributed by atoms with Gasteiger partial charge in [-0.05, 0) is 18.6 Å². The van der Waals surface area contributed by atoms with E-state index in [1.807, 2.05) is 6.07 Å². The van der Waals surface area contributed by atoms with Crippen LogP contribution in [0.2, 0.25) is 0 Å². The Bertz CT molecular complexity index is 984. The van der Waals surface area contributed by atoms with Crippen LogP contribution >= 0.6 is 24.0 Å². The van der Waals surface area contributed by atoms with Gasteiger partial charge in [0.15, 0.2) is 0 Å². The van der Waals surface area contributed by atoms with Crippen LogP contribution in [-0.2, 0) is 16.6 Å². The Hall–Kier alpha value is -2.41. The van der Waals surface area contributed by atoms with Gasteiger partial charge >= 0.3 is 0 Å². The van der Waals surface area contributed by atoms with Gasteiger partial charge in [0.2, 0.25) is 0 Å². The lowest BCUT2D eigenvalue weighted by Gasteiger charge is -2.32. The molecule has 0 bridgehead atoms. The molecule has 0 aliphatic carbocycles. The molecule has 1 aromatic heterocycles. The van der Waals surface area contributed by atoms with Gasteiger partial charge in [-0.15, -0.1) is 6.58 Å². The van der Waals surface area contributed by atoms with E-state index in [-0.39, 0.29) is 17.0 Å². The van der Waals surface area contributed by atoms with Crippen molar-refractivity contribution in [3.8, 4) is 6.07 Å². The lowest BCUT2D eigenvalue weighted by atomic mass is 10.0. The summed E-state index contributed by atoms with van der Waals surface area (Å²) in [4.78, 5) is 29.4. The van der Waals surface area contributed by atoms with E-state index in [1.165, 1.54) is 21.2 Å². The van der Waals surface area contributed by atoms with E-state index in [0.717, 1.165) is 0 Å². The van der Waals surface area contributed by atoms with Crippen LogP contribution in [0.3, 0.4) is 0 Å². The van der Waals surface area contributed by atoms with Gasteiger partial charge in [0.1, 0.15) is 21.8 Å². The summed E-state index contributed by atoms with van der Waals surface area (Å²) >= 11 is 6.52. The Labute approximate surface area is 172 Å². The molecule has 1 aromatic rings. The third-order valence-corrected chi connectivity index (χ3v) is 6.12. The fourth-order valence-corrected chi connectivity index (χ4v) is 4.54. The first-order valence-electron chi connectivity index (χ1n) is 8.73. The number of thioether (sulfide) groups is 1. The average Bonchev–Trinajstić information content (AvgIpc) is 2.95. The van der Waals surface area contributed by atoms with Gasteiger partial charge in [0, 0.05) is 32.2 Å². The number of carbonyl (C=O) groups is 1. The van der Waals surface area contributed by atoms with Crippen molar-refractivity contribution in [2.75, 3.05) is 37.7 Å². The molecule has 2 aliphatic rings. The minimum absolute atomic E-state index is 0.0762. The number of rotatable bonds is 4. The number of hydrogen-bond acceptors (Lipinski definition) is 7. The zero-order valence-corrected chi connectivity index (χ0v) is 17.4. The van der Waals surface area contributed by atoms with Gasteiger partial charge in [0.25, 0.3) is 11.5 Å². The van der Waals surface area contributed by atoms with Crippen LogP contribution in [0.4, 0.5) is 5.82 Å². The number of aromatic nitrogens is 1. The number of thiocarbonyl (C=S) groups is 1. The number of nitriles is 1. The Balaban J connectivity index is 2.19. The molecule has 146 valence electrons. The number of pyridine rings is 1. The minimum atomic E-state index is -0.349. The zero-order chi connectivity index (χ0) is 20.4. The van der Waals surface area contributed by atoms with E-state index >= 15 is 0 Å². The monoisotopic (exact) mass is 416 g/mol. The summed E-state index contributed by atoms with van der Waals surface area (Å²) in [6.07, 6.45) is 3.36. The molecule has 2 aliphatic heterocycles. The number of amides is 1. The third kappa shape index (κ3) is 3.51. The molecule has 0 aromatic carbocycles. The molecule has 0 N–H and O–H groups in total. The Morgan fingerprint density at radius 2 is 2.04 bits per heavy atom. The molecule has 3 heterocycles. The van der Waals surface area contributed by atoms with Crippen molar-refractivity contribution >= 4 is 46.1 Å². The normalized spacial score (nSPS) is 18.7. The van der Waals surface area contributed by atoms with Gasteiger partial charge in [-0.1, -0.05) is 30.1 Å². The fourth-order valence-electron chi connectivity index (χ4n) is 3.29. The van der Waals surface area contributed by atoms with Crippen molar-refractivity contribution in [3.63, 3.8) is 0 Å². The maximum absolute atomic E-state index is 12.7. The number of hydrogen-bond donors (Lipinski definition) is 0. The molecule has 0 atom stereocenters. The van der Waals surface area contributed by atoms with Crippen LogP contribution in [-0.4, -0.2) is 52.5 Å². The maximum Gasteiger partial charge on any atom is 0.270 e. The van der Waals surface area contributed by atoms with Crippen molar-refractivity contribution in [2.45, 2.75) is 6.92 Å². The van der Waals surface area contributed by atoms with E-state index in [1.54, 1.807) is 26.1 Å². The first-order chi connectivity index (χ1) is 13.4. The molecule has 7 nitrogen and oxygen atoms in total. The second-order valence-corrected chi connectivity index (χ2v) is 8.07. The summed E-state index contributed by atoms with van der Waals surface area (Å²) in [5.41, 5.74) is 0.964. The van der Waals surface area contributed by atoms with Gasteiger partial charge in [-0.3, -0.25) is 19.1 Å². The molecule has 1 amide bonds. The molecule has 0 spiro atoms. The topological polar surface area (TPSA) is 78.6 Å². The van der Waals surface area contributed by atoms with E-state index in [4.69, 9.17) is 17.0 Å². The molecular formula is C19H20N4O3S2. The highest BCUT2D eigenvalue weighted by atomic mass is 32.2. The van der Waals surface area contributed by atoms with Crippen LogP contribution < -0.4 is 10.5 Å². The first-order valence-corrected chi connectivity index (χ1v) is 9.95. The third-order valence-electron chi connectivity index (χ3n) is 4.74.